The van der Waals surface area contributed by atoms with Crippen LogP contribution in [0.15, 0.2) is 11.7 Å². The van der Waals surface area contributed by atoms with E-state index in [-0.39, 0.29) is 0 Å². The molecule has 0 rings (SSSR count). The fourth-order valence-electron chi connectivity index (χ4n) is 0.193. The third-order valence-corrected chi connectivity index (χ3v) is 0.507. The molecule has 0 amide bonds. The summed E-state index contributed by atoms with van der Waals surface area (Å²) < 4.78 is 45.4. The molecule has 0 N–H and O–H groups in total. The summed E-state index contributed by atoms with van der Waals surface area (Å²) in [5.74, 6) is -1.27. The molecule has 0 radical (unpaired) electrons. The average molecular weight is 148 g/mol. The molecular formula is C6F4. The summed E-state index contributed by atoms with van der Waals surface area (Å²) in [6.07, 6.45) is 1.19. The molecule has 4 heteroatoms. The van der Waals surface area contributed by atoms with Gasteiger partial charge in [-0.05, 0) is 0 Å². The topological polar surface area (TPSA) is 0 Å². The van der Waals surface area contributed by atoms with Crippen LogP contribution in [-0.2, 0) is 0 Å². The molecule has 0 fully saturated rings. The zero-order valence-electron chi connectivity index (χ0n) is 4.51. The van der Waals surface area contributed by atoms with E-state index in [1.54, 1.807) is 0 Å². The lowest BCUT2D eigenvalue weighted by molar-refractivity contribution is 0.582. The van der Waals surface area contributed by atoms with Gasteiger partial charge in [0.1, 0.15) is 12.3 Å². The van der Waals surface area contributed by atoms with Gasteiger partial charge in [0.25, 0.3) is 0 Å². The van der Waals surface area contributed by atoms with E-state index < -0.39 is 11.7 Å². The zero-order valence-corrected chi connectivity index (χ0v) is 4.51. The van der Waals surface area contributed by atoms with E-state index in [1.165, 1.54) is 0 Å². The van der Waals surface area contributed by atoms with Crippen LogP contribution in [0.2, 0.25) is 0 Å². The number of rotatable bonds is 0. The first kappa shape index (κ1) is 8.58. The largest absolute Gasteiger partial charge is 0.220 e. The molecule has 0 unspecified atom stereocenters. The lowest BCUT2D eigenvalue weighted by atomic mass is 10.4. The van der Waals surface area contributed by atoms with Crippen molar-refractivity contribution in [2.75, 3.05) is 0 Å². The summed E-state index contributed by atoms with van der Waals surface area (Å²) in [5, 5.41) is 0. The Balaban J connectivity index is 4.56. The first-order chi connectivity index (χ1) is 4.72. The van der Waals surface area contributed by atoms with E-state index in [0.717, 1.165) is 11.8 Å². The third kappa shape index (κ3) is 2.78. The highest BCUT2D eigenvalue weighted by Gasteiger charge is 1.97. The molecule has 0 spiro atoms. The van der Waals surface area contributed by atoms with Crippen molar-refractivity contribution in [1.82, 2.24) is 0 Å². The highest BCUT2D eigenvalue weighted by molar-refractivity contribution is 5.33. The molecule has 0 aromatic rings. The summed E-state index contributed by atoms with van der Waals surface area (Å²) in [5.41, 5.74) is 0. The van der Waals surface area contributed by atoms with Crippen molar-refractivity contribution < 1.29 is 17.6 Å². The predicted molar refractivity (Wildman–Crippen MR) is 27.0 cm³/mol. The van der Waals surface area contributed by atoms with E-state index in [4.69, 9.17) is 0 Å². The van der Waals surface area contributed by atoms with Gasteiger partial charge in [-0.3, -0.25) is 0 Å². The molecule has 10 heavy (non-hydrogen) atoms. The Morgan fingerprint density at radius 1 is 0.800 bits per heavy atom. The van der Waals surface area contributed by atoms with Gasteiger partial charge in [0.15, 0.2) is 0 Å². The van der Waals surface area contributed by atoms with Crippen LogP contribution in [-0.4, -0.2) is 0 Å². The van der Waals surface area contributed by atoms with Gasteiger partial charge in [0.05, 0.1) is 0 Å². The fraction of sp³-hybridized carbons (Fsp3) is 0. The van der Waals surface area contributed by atoms with Gasteiger partial charge < -0.3 is 0 Å². The minimum absolute atomic E-state index is 0.594. The smallest absolute Gasteiger partial charge is 0.193 e. The molecule has 0 saturated heterocycles. The van der Waals surface area contributed by atoms with Crippen LogP contribution in [0.5, 0.6) is 0 Å². The van der Waals surface area contributed by atoms with Crippen LogP contribution < -0.4 is 0 Å². The molecule has 52 valence electrons. The number of hydrogen-bond acceptors (Lipinski definition) is 0. The first-order valence-electron chi connectivity index (χ1n) is 2.01. The Kier molecular flexibility index (Phi) is 3.83. The second-order valence-corrected chi connectivity index (χ2v) is 1.07. The van der Waals surface area contributed by atoms with Crippen molar-refractivity contribution >= 4 is 0 Å². The van der Waals surface area contributed by atoms with E-state index in [9.17, 15) is 17.6 Å². The molecule has 0 bridgehead atoms. The standard InChI is InChI=1S/C6F4/c7-3-1-5(9)6(10)2-4-8/b6-5-. The van der Waals surface area contributed by atoms with Gasteiger partial charge in [-0.2, -0.15) is 8.78 Å². The lowest BCUT2D eigenvalue weighted by Crippen LogP contribution is -1.71. The van der Waals surface area contributed by atoms with Gasteiger partial charge in [0.2, 0.25) is 11.7 Å². The summed E-state index contributed by atoms with van der Waals surface area (Å²) >= 11 is 0. The van der Waals surface area contributed by atoms with Crippen molar-refractivity contribution in [2.45, 2.75) is 0 Å². The zero-order chi connectivity index (χ0) is 7.98. The fourth-order valence-corrected chi connectivity index (χ4v) is 0.193. The van der Waals surface area contributed by atoms with Crippen LogP contribution in [0, 0.1) is 24.2 Å². The van der Waals surface area contributed by atoms with Crippen LogP contribution >= 0.6 is 0 Å². The Bertz CT molecular complexity index is 227. The van der Waals surface area contributed by atoms with Crippen molar-refractivity contribution in [3.05, 3.63) is 11.7 Å². The maximum Gasteiger partial charge on any atom is 0.220 e. The molecule has 0 aromatic carbocycles. The molecule has 0 aromatic heterocycles. The first-order valence-corrected chi connectivity index (χ1v) is 2.01. The van der Waals surface area contributed by atoms with Crippen LogP contribution in [0.25, 0.3) is 0 Å². The average Bonchev–Trinajstić information content (AvgIpc) is 1.89. The highest BCUT2D eigenvalue weighted by Crippen LogP contribution is 2.04. The molecule has 0 aliphatic heterocycles. The minimum Gasteiger partial charge on any atom is -0.193 e. The maximum atomic E-state index is 11.8. The second-order valence-electron chi connectivity index (χ2n) is 1.07. The summed E-state index contributed by atoms with van der Waals surface area (Å²) in [6, 6.07) is 0. The molecule has 0 aliphatic carbocycles. The number of hydrogen-bond donors (Lipinski definition) is 0. The van der Waals surface area contributed by atoms with Gasteiger partial charge >= 0.3 is 0 Å². The van der Waals surface area contributed by atoms with E-state index in [1.807, 2.05) is 0 Å². The maximum absolute atomic E-state index is 11.8. The molecular weight excluding hydrogens is 148 g/mol. The number of allylic oxidation sites excluding steroid dienone is 2. The molecule has 0 saturated carbocycles. The minimum atomic E-state index is -1.72. The van der Waals surface area contributed by atoms with E-state index in [0.29, 0.717) is 12.3 Å². The normalized spacial score (nSPS) is 10.0. The Labute approximate surface area is 54.5 Å². The van der Waals surface area contributed by atoms with Gasteiger partial charge in [-0.15, -0.1) is 8.78 Å². The summed E-state index contributed by atoms with van der Waals surface area (Å²) in [6.45, 7) is 0. The van der Waals surface area contributed by atoms with Gasteiger partial charge in [0, 0.05) is 11.8 Å². The van der Waals surface area contributed by atoms with Crippen LogP contribution in [0.1, 0.15) is 0 Å². The molecule has 0 heterocycles. The van der Waals surface area contributed by atoms with E-state index >= 15 is 0 Å². The monoisotopic (exact) mass is 148 g/mol. The van der Waals surface area contributed by atoms with Crippen LogP contribution in [0.4, 0.5) is 17.6 Å². The number of halogens is 4. The highest BCUT2D eigenvalue weighted by atomic mass is 19.2. The molecule has 0 nitrogen and oxygen atoms in total. The van der Waals surface area contributed by atoms with Crippen molar-refractivity contribution in [1.29, 1.82) is 0 Å². The van der Waals surface area contributed by atoms with Gasteiger partial charge in [-0.1, -0.05) is 0 Å². The van der Waals surface area contributed by atoms with Crippen molar-refractivity contribution in [3.8, 4) is 24.2 Å². The third-order valence-electron chi connectivity index (χ3n) is 0.507. The van der Waals surface area contributed by atoms with Gasteiger partial charge in [-0.25, -0.2) is 0 Å². The SMILES string of the molecule is FC#C/C(F)=C(/F)C#CF. The Morgan fingerprint density at radius 2 is 1.10 bits per heavy atom. The van der Waals surface area contributed by atoms with E-state index in [2.05, 4.69) is 0 Å². The predicted octanol–water partition coefficient (Wildman–Crippen LogP) is 2.00. The Morgan fingerprint density at radius 3 is 1.30 bits per heavy atom. The molecule has 0 atom stereocenters. The molecule has 0 aliphatic rings. The van der Waals surface area contributed by atoms with Crippen LogP contribution in [0.3, 0.4) is 0 Å². The lowest BCUT2D eigenvalue weighted by Gasteiger charge is -1.78. The Hall–Kier alpha value is -1.42. The second kappa shape index (κ2) is 4.46. The van der Waals surface area contributed by atoms with Crippen molar-refractivity contribution in [3.63, 3.8) is 0 Å². The van der Waals surface area contributed by atoms with Crippen molar-refractivity contribution in [2.24, 2.45) is 0 Å². The quantitative estimate of drug-likeness (QED) is 0.364. The summed E-state index contributed by atoms with van der Waals surface area (Å²) in [4.78, 5) is 0. The summed E-state index contributed by atoms with van der Waals surface area (Å²) in [7, 11) is 0.